The summed E-state index contributed by atoms with van der Waals surface area (Å²) in [7, 11) is 3.80. The molecule has 2 fully saturated rings. The van der Waals surface area contributed by atoms with Crippen molar-refractivity contribution in [3.05, 3.63) is 65.7 Å². The molecule has 3 aromatic rings. The van der Waals surface area contributed by atoms with Crippen LogP contribution in [0.5, 0.6) is 11.6 Å². The van der Waals surface area contributed by atoms with E-state index in [0.717, 1.165) is 65.1 Å². The number of nitrogens with zero attached hydrogens (tertiary/aromatic N) is 7. The Kier molecular flexibility index (Phi) is 8.77. The first-order chi connectivity index (χ1) is 22.0. The summed E-state index contributed by atoms with van der Waals surface area (Å²) in [4.78, 5) is 26.1. The number of likely N-dealkylation sites (tertiary alicyclic amines) is 1. The average Bonchev–Trinajstić information content (AvgIpc) is 3.49. The molecule has 0 bridgehead atoms. The van der Waals surface area contributed by atoms with Gasteiger partial charge in [-0.25, -0.2) is 0 Å². The number of piperazine rings is 1. The van der Waals surface area contributed by atoms with E-state index in [1.165, 1.54) is 6.08 Å². The van der Waals surface area contributed by atoms with E-state index in [9.17, 15) is 15.3 Å². The third-order valence-corrected chi connectivity index (χ3v) is 9.51. The van der Waals surface area contributed by atoms with Crippen LogP contribution in [0.25, 0.3) is 10.8 Å². The molecule has 1 aromatic heterocycles. The van der Waals surface area contributed by atoms with Crippen LogP contribution in [0.1, 0.15) is 36.0 Å². The number of carbonyl (C=O) groups is 1. The molecule has 1 amide bonds. The molecule has 6 rings (SSSR count). The van der Waals surface area contributed by atoms with Gasteiger partial charge in [0.25, 0.3) is 0 Å². The number of aromatic nitrogens is 1. The number of ether oxygens (including phenoxy) is 2. The van der Waals surface area contributed by atoms with Crippen LogP contribution < -0.4 is 19.3 Å². The predicted octanol–water partition coefficient (Wildman–Crippen LogP) is 4.27. The van der Waals surface area contributed by atoms with E-state index in [2.05, 4.69) is 64.7 Å². The molecule has 2 aromatic carbocycles. The molecule has 3 aliphatic rings. The van der Waals surface area contributed by atoms with Gasteiger partial charge in [-0.05, 0) is 56.4 Å². The number of methoxy groups -OCH3 is 1. The monoisotopic (exact) mass is 605 g/mol. The third-order valence-electron chi connectivity index (χ3n) is 9.51. The lowest BCUT2D eigenvalue weighted by molar-refractivity contribution is -0.128. The topological polar surface area (TPSA) is 109 Å². The molecular formula is C35H39N7O3. The van der Waals surface area contributed by atoms with Crippen LogP contribution in [-0.4, -0.2) is 86.3 Å². The maximum Gasteiger partial charge on any atom is 0.246 e. The number of rotatable bonds is 8. The highest BCUT2D eigenvalue weighted by Crippen LogP contribution is 2.40. The minimum absolute atomic E-state index is 0.171. The van der Waals surface area contributed by atoms with Gasteiger partial charge in [0, 0.05) is 61.0 Å². The second kappa shape index (κ2) is 13.1. The van der Waals surface area contributed by atoms with Crippen molar-refractivity contribution in [2.45, 2.75) is 44.3 Å². The summed E-state index contributed by atoms with van der Waals surface area (Å²) in [5.74, 6) is 1.77. The summed E-state index contributed by atoms with van der Waals surface area (Å²) < 4.78 is 12.2. The fourth-order valence-electron chi connectivity index (χ4n) is 7.10. The van der Waals surface area contributed by atoms with Crippen molar-refractivity contribution in [3.63, 3.8) is 0 Å². The molecule has 0 aliphatic carbocycles. The quantitative estimate of drug-likeness (QED) is 0.348. The molecule has 0 saturated carbocycles. The molecule has 2 atom stereocenters. The van der Waals surface area contributed by atoms with Gasteiger partial charge in [-0.1, -0.05) is 30.8 Å². The number of carbonyl (C=O) groups excluding carboxylic acids is 1. The first-order valence-electron chi connectivity index (χ1n) is 15.6. The van der Waals surface area contributed by atoms with E-state index in [4.69, 9.17) is 14.5 Å². The van der Waals surface area contributed by atoms with Gasteiger partial charge in [0.15, 0.2) is 0 Å². The van der Waals surface area contributed by atoms with Crippen molar-refractivity contribution in [1.29, 1.82) is 10.5 Å². The van der Waals surface area contributed by atoms with Crippen LogP contribution in [0, 0.1) is 22.7 Å². The summed E-state index contributed by atoms with van der Waals surface area (Å²) >= 11 is 0. The molecule has 2 saturated heterocycles. The van der Waals surface area contributed by atoms with Gasteiger partial charge in [-0.3, -0.25) is 4.79 Å². The van der Waals surface area contributed by atoms with Gasteiger partial charge in [0.05, 0.1) is 25.6 Å². The van der Waals surface area contributed by atoms with Gasteiger partial charge < -0.3 is 29.1 Å². The van der Waals surface area contributed by atoms with Crippen LogP contribution >= 0.6 is 0 Å². The van der Waals surface area contributed by atoms with E-state index in [1.807, 2.05) is 12.1 Å². The molecule has 0 radical (unpaired) electrons. The Hall–Kier alpha value is -4.80. The van der Waals surface area contributed by atoms with Crippen LogP contribution in [0.15, 0.2) is 49.1 Å². The summed E-state index contributed by atoms with van der Waals surface area (Å²) in [5.41, 5.74) is 3.47. The lowest BCUT2D eigenvalue weighted by Gasteiger charge is -2.42. The molecule has 0 unspecified atom stereocenters. The van der Waals surface area contributed by atoms with Gasteiger partial charge >= 0.3 is 0 Å². The highest BCUT2D eigenvalue weighted by molar-refractivity contribution is 5.99. The molecule has 0 N–H and O–H groups in total. The van der Waals surface area contributed by atoms with Crippen molar-refractivity contribution >= 4 is 28.2 Å². The summed E-state index contributed by atoms with van der Waals surface area (Å²) in [6, 6.07) is 17.0. The largest absolute Gasteiger partial charge is 0.496 e. The van der Waals surface area contributed by atoms with Crippen molar-refractivity contribution in [3.8, 4) is 23.8 Å². The van der Waals surface area contributed by atoms with Gasteiger partial charge in [0.1, 0.15) is 29.8 Å². The zero-order valence-electron chi connectivity index (χ0n) is 26.0. The molecule has 3 aliphatic heterocycles. The van der Waals surface area contributed by atoms with Crippen molar-refractivity contribution < 1.29 is 14.3 Å². The first-order valence-corrected chi connectivity index (χ1v) is 15.6. The smallest absolute Gasteiger partial charge is 0.246 e. The highest BCUT2D eigenvalue weighted by atomic mass is 16.5. The number of pyridine rings is 1. The van der Waals surface area contributed by atoms with Crippen molar-refractivity contribution in [2.75, 3.05) is 63.3 Å². The number of likely N-dealkylation sites (N-methyl/N-ethyl adjacent to an activating group) is 1. The summed E-state index contributed by atoms with van der Waals surface area (Å²) in [6.07, 6.45) is 4.36. The minimum atomic E-state index is -0.290. The standard InChI is InChI=1S/C35H39N7O3/c1-4-32(43)42-19-18-41(21-25(42)13-15-36)34-27-14-17-40(30-11-5-8-24-9-6-12-31(44-3)33(24)30)22-29(27)28(20-37)35(38-34)45-23-26-10-7-16-39(26)2/h4-6,8-9,11-12,25-26H,1,7,10,13-14,16-19,21-23H2,2-3H3/t25-,26+/m1/s1. The van der Waals surface area contributed by atoms with E-state index in [1.54, 1.807) is 12.0 Å². The maximum atomic E-state index is 12.6. The Labute approximate surface area is 264 Å². The number of benzene rings is 2. The van der Waals surface area contributed by atoms with Crippen molar-refractivity contribution in [1.82, 2.24) is 14.8 Å². The van der Waals surface area contributed by atoms with Gasteiger partial charge in [0.2, 0.25) is 11.8 Å². The van der Waals surface area contributed by atoms with E-state index in [0.29, 0.717) is 50.7 Å². The Morgan fingerprint density at radius 1 is 1.09 bits per heavy atom. The molecule has 10 nitrogen and oxygen atoms in total. The lowest BCUT2D eigenvalue weighted by Crippen LogP contribution is -2.55. The maximum absolute atomic E-state index is 12.6. The van der Waals surface area contributed by atoms with Crippen LogP contribution in [0.3, 0.4) is 0 Å². The normalized spacial score (nSPS) is 20.0. The highest BCUT2D eigenvalue weighted by Gasteiger charge is 2.35. The molecule has 232 valence electrons. The molecule has 0 spiro atoms. The SMILES string of the molecule is C=CC(=O)N1CCN(c2nc(OC[C@@H]3CCCN3C)c(C#N)c3c2CCN(c2cccc4cccc(OC)c24)C3)C[C@H]1CC#N. The van der Waals surface area contributed by atoms with Crippen molar-refractivity contribution in [2.24, 2.45) is 0 Å². The van der Waals surface area contributed by atoms with Gasteiger partial charge in [-0.15, -0.1) is 0 Å². The molecule has 4 heterocycles. The number of amides is 1. The second-order valence-electron chi connectivity index (χ2n) is 12.0. The fraction of sp³-hybridized carbons (Fsp3) is 0.429. The Morgan fingerprint density at radius 3 is 2.62 bits per heavy atom. The second-order valence-corrected chi connectivity index (χ2v) is 12.0. The van der Waals surface area contributed by atoms with Crippen LogP contribution in [0.4, 0.5) is 11.5 Å². The molecule has 10 heteroatoms. The Morgan fingerprint density at radius 2 is 1.91 bits per heavy atom. The lowest BCUT2D eigenvalue weighted by atomic mass is 9.94. The number of hydrogen-bond acceptors (Lipinski definition) is 9. The zero-order chi connectivity index (χ0) is 31.5. The number of nitriles is 2. The van der Waals surface area contributed by atoms with Crippen LogP contribution in [-0.2, 0) is 17.8 Å². The number of anilines is 2. The average molecular weight is 606 g/mol. The number of fused-ring (bicyclic) bond motifs is 2. The van der Waals surface area contributed by atoms with E-state index < -0.39 is 0 Å². The summed E-state index contributed by atoms with van der Waals surface area (Å²) in [5, 5.41) is 22.3. The minimum Gasteiger partial charge on any atom is -0.496 e. The van der Waals surface area contributed by atoms with E-state index in [-0.39, 0.29) is 24.4 Å². The fourth-order valence-corrected chi connectivity index (χ4v) is 7.10. The van der Waals surface area contributed by atoms with Crippen LogP contribution in [0.2, 0.25) is 0 Å². The Balaban J connectivity index is 1.41. The molecule has 45 heavy (non-hydrogen) atoms. The predicted molar refractivity (Wildman–Crippen MR) is 173 cm³/mol. The van der Waals surface area contributed by atoms with Gasteiger partial charge in [-0.2, -0.15) is 15.5 Å². The number of hydrogen-bond donors (Lipinski definition) is 0. The third kappa shape index (κ3) is 5.74. The first kappa shape index (κ1) is 30.2. The zero-order valence-corrected chi connectivity index (χ0v) is 26.0. The molecular weight excluding hydrogens is 566 g/mol. The Bertz CT molecular complexity index is 1690. The summed E-state index contributed by atoms with van der Waals surface area (Å²) in [6.45, 7) is 7.86. The van der Waals surface area contributed by atoms with E-state index >= 15 is 0 Å².